The summed E-state index contributed by atoms with van der Waals surface area (Å²) in [4.78, 5) is 0. The fourth-order valence-electron chi connectivity index (χ4n) is 2.37. The molecule has 2 N–H and O–H groups in total. The highest BCUT2D eigenvalue weighted by Gasteiger charge is 2.36. The summed E-state index contributed by atoms with van der Waals surface area (Å²) < 4.78 is 11.4. The van der Waals surface area contributed by atoms with E-state index in [1.807, 2.05) is 20.8 Å². The van der Waals surface area contributed by atoms with Gasteiger partial charge in [0.15, 0.2) is 6.29 Å². The molecule has 1 saturated heterocycles. The summed E-state index contributed by atoms with van der Waals surface area (Å²) in [6.07, 6.45) is 4.51. The Morgan fingerprint density at radius 3 is 2.56 bits per heavy atom. The van der Waals surface area contributed by atoms with Crippen LogP contribution in [0.2, 0.25) is 0 Å². The van der Waals surface area contributed by atoms with E-state index in [9.17, 15) is 5.11 Å². The van der Waals surface area contributed by atoms with Gasteiger partial charge in [0, 0.05) is 13.0 Å². The highest BCUT2D eigenvalue weighted by Crippen LogP contribution is 2.30. The van der Waals surface area contributed by atoms with Crippen LogP contribution in [0.1, 0.15) is 59.3 Å². The second-order valence-corrected chi connectivity index (χ2v) is 5.61. The van der Waals surface area contributed by atoms with Crippen molar-refractivity contribution >= 4 is 0 Å². The minimum atomic E-state index is -0.535. The molecule has 0 aromatic carbocycles. The maximum atomic E-state index is 10.2. The molecule has 1 fully saturated rings. The predicted octanol–water partition coefficient (Wildman–Crippen LogP) is 2.22. The summed E-state index contributed by atoms with van der Waals surface area (Å²) >= 11 is 0. The van der Waals surface area contributed by atoms with Gasteiger partial charge in [-0.25, -0.2) is 0 Å². The number of ether oxygens (including phenoxy) is 2. The van der Waals surface area contributed by atoms with Crippen molar-refractivity contribution in [1.29, 1.82) is 0 Å². The number of aliphatic hydroxyl groups excluding tert-OH is 1. The van der Waals surface area contributed by atoms with Gasteiger partial charge in [0.25, 0.3) is 0 Å². The average molecular weight is 260 g/mol. The molecule has 1 aliphatic heterocycles. The third kappa shape index (κ3) is 4.50. The molecular formula is C14H28O4. The molecular weight excluding hydrogens is 232 g/mol. The fourth-order valence-corrected chi connectivity index (χ4v) is 2.37. The maximum Gasteiger partial charge on any atom is 0.158 e. The topological polar surface area (TPSA) is 58.9 Å². The van der Waals surface area contributed by atoms with E-state index in [0.29, 0.717) is 13.0 Å². The first-order valence-electron chi connectivity index (χ1n) is 7.09. The molecule has 0 aromatic heterocycles. The van der Waals surface area contributed by atoms with E-state index in [1.165, 1.54) is 0 Å². The zero-order valence-electron chi connectivity index (χ0n) is 11.9. The van der Waals surface area contributed by atoms with E-state index in [1.54, 1.807) is 0 Å². The largest absolute Gasteiger partial charge is 0.396 e. The Bertz CT molecular complexity index is 240. The molecule has 0 aliphatic carbocycles. The van der Waals surface area contributed by atoms with Gasteiger partial charge in [0.05, 0.1) is 17.8 Å². The van der Waals surface area contributed by atoms with Crippen LogP contribution in [-0.2, 0) is 9.47 Å². The number of aliphatic hydroxyl groups is 2. The van der Waals surface area contributed by atoms with E-state index < -0.39 is 5.60 Å². The van der Waals surface area contributed by atoms with Gasteiger partial charge < -0.3 is 19.7 Å². The molecule has 0 spiro atoms. The first-order chi connectivity index (χ1) is 8.47. The molecule has 1 unspecified atom stereocenters. The quantitative estimate of drug-likeness (QED) is 0.702. The zero-order chi connectivity index (χ0) is 13.6. The SMILES string of the molecule is CCC(O)(CC)CCCC1OC[C@@](C)(CCO)O1. The van der Waals surface area contributed by atoms with Crippen molar-refractivity contribution in [2.45, 2.75) is 76.8 Å². The van der Waals surface area contributed by atoms with Crippen LogP contribution >= 0.6 is 0 Å². The molecule has 18 heavy (non-hydrogen) atoms. The summed E-state index contributed by atoms with van der Waals surface area (Å²) in [5, 5.41) is 19.1. The van der Waals surface area contributed by atoms with Gasteiger partial charge >= 0.3 is 0 Å². The Morgan fingerprint density at radius 1 is 1.33 bits per heavy atom. The molecule has 0 radical (unpaired) electrons. The molecule has 0 amide bonds. The molecule has 1 heterocycles. The normalized spacial score (nSPS) is 28.8. The van der Waals surface area contributed by atoms with Crippen LogP contribution < -0.4 is 0 Å². The second kappa shape index (κ2) is 6.85. The average Bonchev–Trinajstić information content (AvgIpc) is 2.71. The van der Waals surface area contributed by atoms with Gasteiger partial charge in [-0.1, -0.05) is 13.8 Å². The Balaban J connectivity index is 2.26. The molecule has 4 heteroatoms. The van der Waals surface area contributed by atoms with Gasteiger partial charge in [-0.2, -0.15) is 0 Å². The van der Waals surface area contributed by atoms with Crippen molar-refractivity contribution in [3.05, 3.63) is 0 Å². The molecule has 2 atom stereocenters. The molecule has 108 valence electrons. The summed E-state index contributed by atoms with van der Waals surface area (Å²) in [7, 11) is 0. The minimum Gasteiger partial charge on any atom is -0.396 e. The zero-order valence-corrected chi connectivity index (χ0v) is 11.9. The van der Waals surface area contributed by atoms with Gasteiger partial charge in [-0.15, -0.1) is 0 Å². The van der Waals surface area contributed by atoms with Crippen molar-refractivity contribution in [3.8, 4) is 0 Å². The van der Waals surface area contributed by atoms with E-state index in [0.717, 1.165) is 32.1 Å². The van der Waals surface area contributed by atoms with Crippen LogP contribution in [0.25, 0.3) is 0 Å². The number of rotatable bonds is 8. The van der Waals surface area contributed by atoms with Crippen molar-refractivity contribution in [2.75, 3.05) is 13.2 Å². The lowest BCUT2D eigenvalue weighted by Gasteiger charge is -2.26. The Morgan fingerprint density at radius 2 is 2.00 bits per heavy atom. The summed E-state index contributed by atoms with van der Waals surface area (Å²) in [5.41, 5.74) is -0.877. The van der Waals surface area contributed by atoms with E-state index in [4.69, 9.17) is 14.6 Å². The molecule has 4 nitrogen and oxygen atoms in total. The van der Waals surface area contributed by atoms with Crippen LogP contribution in [-0.4, -0.2) is 40.9 Å². The Labute approximate surface area is 110 Å². The van der Waals surface area contributed by atoms with E-state index in [2.05, 4.69) is 0 Å². The summed E-state index contributed by atoms with van der Waals surface area (Å²) in [6, 6.07) is 0. The van der Waals surface area contributed by atoms with Crippen LogP contribution in [0.4, 0.5) is 0 Å². The van der Waals surface area contributed by atoms with Crippen LogP contribution in [0.15, 0.2) is 0 Å². The van der Waals surface area contributed by atoms with Gasteiger partial charge in [-0.3, -0.25) is 0 Å². The van der Waals surface area contributed by atoms with E-state index >= 15 is 0 Å². The molecule has 0 saturated carbocycles. The summed E-state index contributed by atoms with van der Waals surface area (Å²) in [5.74, 6) is 0. The van der Waals surface area contributed by atoms with Gasteiger partial charge in [0.2, 0.25) is 0 Å². The van der Waals surface area contributed by atoms with Crippen molar-refractivity contribution in [2.24, 2.45) is 0 Å². The fraction of sp³-hybridized carbons (Fsp3) is 1.00. The van der Waals surface area contributed by atoms with Crippen molar-refractivity contribution in [3.63, 3.8) is 0 Å². The molecule has 0 bridgehead atoms. The van der Waals surface area contributed by atoms with Crippen LogP contribution in [0, 0.1) is 0 Å². The van der Waals surface area contributed by atoms with Crippen LogP contribution in [0.3, 0.4) is 0 Å². The van der Waals surface area contributed by atoms with Crippen molar-refractivity contribution in [1.82, 2.24) is 0 Å². The highest BCUT2D eigenvalue weighted by atomic mass is 16.7. The lowest BCUT2D eigenvalue weighted by Crippen LogP contribution is -2.29. The summed E-state index contributed by atoms with van der Waals surface area (Å²) in [6.45, 7) is 6.68. The van der Waals surface area contributed by atoms with E-state index in [-0.39, 0.29) is 18.5 Å². The smallest absolute Gasteiger partial charge is 0.158 e. The number of hydrogen-bond acceptors (Lipinski definition) is 4. The third-order valence-electron chi connectivity index (χ3n) is 4.03. The minimum absolute atomic E-state index is 0.123. The maximum absolute atomic E-state index is 10.2. The van der Waals surface area contributed by atoms with Gasteiger partial charge in [-0.05, 0) is 39.0 Å². The standard InChI is InChI=1S/C14H28O4/c1-4-14(16,5-2)8-6-7-12-17-11-13(3,18-12)9-10-15/h12,15-16H,4-11H2,1-3H3/t12?,13-/m1/s1. The Kier molecular flexibility index (Phi) is 6.05. The molecule has 0 aromatic rings. The van der Waals surface area contributed by atoms with Crippen molar-refractivity contribution < 1.29 is 19.7 Å². The third-order valence-corrected chi connectivity index (χ3v) is 4.03. The first-order valence-corrected chi connectivity index (χ1v) is 7.09. The number of hydrogen-bond donors (Lipinski definition) is 2. The van der Waals surface area contributed by atoms with Crippen LogP contribution in [0.5, 0.6) is 0 Å². The van der Waals surface area contributed by atoms with Gasteiger partial charge in [0.1, 0.15) is 0 Å². The highest BCUT2D eigenvalue weighted by molar-refractivity contribution is 4.81. The Hall–Kier alpha value is -0.160. The second-order valence-electron chi connectivity index (χ2n) is 5.61. The predicted molar refractivity (Wildman–Crippen MR) is 70.3 cm³/mol. The lowest BCUT2D eigenvalue weighted by atomic mass is 9.91. The monoisotopic (exact) mass is 260 g/mol. The first kappa shape index (κ1) is 15.9. The molecule has 1 rings (SSSR count). The lowest BCUT2D eigenvalue weighted by molar-refractivity contribution is -0.0956. The molecule has 1 aliphatic rings.